The number of hydrogen-bond acceptors (Lipinski definition) is 6. The Morgan fingerprint density at radius 1 is 0.829 bits per heavy atom. The van der Waals surface area contributed by atoms with Crippen molar-refractivity contribution in [2.75, 3.05) is 0 Å². The molecule has 0 amide bonds. The van der Waals surface area contributed by atoms with E-state index >= 15 is 0 Å². The van der Waals surface area contributed by atoms with Crippen molar-refractivity contribution in [3.63, 3.8) is 0 Å². The maximum atomic E-state index is 13.6. The van der Waals surface area contributed by atoms with E-state index in [0.29, 0.717) is 5.56 Å². The van der Waals surface area contributed by atoms with Gasteiger partial charge >= 0.3 is 6.16 Å². The molecule has 1 N–H and O–H groups in total. The highest BCUT2D eigenvalue weighted by Crippen LogP contribution is 2.26. The predicted molar refractivity (Wildman–Crippen MR) is 133 cm³/mol. The van der Waals surface area contributed by atoms with Crippen LogP contribution in [0.4, 0.5) is 4.79 Å². The van der Waals surface area contributed by atoms with Crippen LogP contribution in [0.1, 0.15) is 48.3 Å². The molecule has 0 unspecified atom stereocenters. The summed E-state index contributed by atoms with van der Waals surface area (Å²) in [5.74, 6) is -0.572. The van der Waals surface area contributed by atoms with Crippen LogP contribution in [0.3, 0.4) is 0 Å². The molecule has 3 aromatic carbocycles. The van der Waals surface area contributed by atoms with Crippen molar-refractivity contribution in [1.29, 1.82) is 0 Å². The second kappa shape index (κ2) is 10.8. The Kier molecular flexibility index (Phi) is 8.09. The first kappa shape index (κ1) is 26.1. The minimum atomic E-state index is -4.09. The summed E-state index contributed by atoms with van der Waals surface area (Å²) >= 11 is 0. The molecular weight excluding hydrogens is 466 g/mol. The Morgan fingerprint density at radius 2 is 1.37 bits per heavy atom. The van der Waals surface area contributed by atoms with Gasteiger partial charge in [0.2, 0.25) is 15.8 Å². The van der Waals surface area contributed by atoms with Crippen LogP contribution in [0.25, 0.3) is 0 Å². The second-order valence-electron chi connectivity index (χ2n) is 9.06. The number of hydrogen-bond donors (Lipinski definition) is 1. The monoisotopic (exact) mass is 495 g/mol. The Morgan fingerprint density at radius 3 is 1.91 bits per heavy atom. The molecule has 0 radical (unpaired) electrons. The van der Waals surface area contributed by atoms with Crippen LogP contribution in [-0.2, 0) is 19.5 Å². The first-order chi connectivity index (χ1) is 16.5. The van der Waals surface area contributed by atoms with Gasteiger partial charge in [0.1, 0.15) is 5.60 Å². The van der Waals surface area contributed by atoms with Crippen LogP contribution in [0, 0.1) is 6.92 Å². The summed E-state index contributed by atoms with van der Waals surface area (Å²) in [5.41, 5.74) is 0.729. The molecule has 0 fully saturated rings. The zero-order valence-corrected chi connectivity index (χ0v) is 20.9. The van der Waals surface area contributed by atoms with Gasteiger partial charge in [-0.05, 0) is 45.4 Å². The van der Waals surface area contributed by atoms with E-state index in [1.54, 1.807) is 93.6 Å². The van der Waals surface area contributed by atoms with E-state index in [1.807, 2.05) is 6.92 Å². The van der Waals surface area contributed by atoms with Gasteiger partial charge in [-0.1, -0.05) is 78.4 Å². The summed E-state index contributed by atoms with van der Waals surface area (Å²) in [6.45, 7) is 6.84. The Balaban J connectivity index is 2.07. The van der Waals surface area contributed by atoms with Gasteiger partial charge in [-0.25, -0.2) is 13.2 Å². The molecule has 0 spiro atoms. The van der Waals surface area contributed by atoms with E-state index in [9.17, 15) is 18.0 Å². The Labute approximate surface area is 206 Å². The number of ether oxygens (including phenoxy) is 2. The van der Waals surface area contributed by atoms with Crippen molar-refractivity contribution >= 4 is 22.0 Å². The molecule has 8 heteroatoms. The van der Waals surface area contributed by atoms with Crippen LogP contribution in [0.2, 0.25) is 0 Å². The maximum absolute atomic E-state index is 13.6. The lowest BCUT2D eigenvalue weighted by Gasteiger charge is -2.28. The number of aryl methyl sites for hydroxylation is 1. The van der Waals surface area contributed by atoms with Gasteiger partial charge in [0.25, 0.3) is 0 Å². The third-order valence-electron chi connectivity index (χ3n) is 5.00. The standard InChI is InChI=1S/C27H29NO6S/c1-19-15-17-22(18-16-19)35(31,32)28-23(20-11-7-5-8-12-20)25(33-26(30)34-27(2,3)4)24(29)21-13-9-6-10-14-21/h5-18,23,25,28H,1-4H3/t23-,25+/m0/s1. The van der Waals surface area contributed by atoms with Gasteiger partial charge in [-0.3, -0.25) is 4.79 Å². The molecule has 0 heterocycles. The van der Waals surface area contributed by atoms with E-state index in [-0.39, 0.29) is 10.5 Å². The van der Waals surface area contributed by atoms with Gasteiger partial charge in [0.15, 0.2) is 6.10 Å². The normalized spacial score (nSPS) is 13.5. The number of sulfonamides is 1. The Hall–Kier alpha value is -3.49. The van der Waals surface area contributed by atoms with Gasteiger partial charge in [0.05, 0.1) is 10.9 Å². The number of ketones is 1. The van der Waals surface area contributed by atoms with Crippen molar-refractivity contribution in [2.24, 2.45) is 0 Å². The SMILES string of the molecule is Cc1ccc(S(=O)(=O)N[C@@H](c2ccccc2)[C@@H](OC(=O)OC(C)(C)C)C(=O)c2ccccc2)cc1. The van der Waals surface area contributed by atoms with Crippen molar-refractivity contribution in [3.05, 3.63) is 102 Å². The fourth-order valence-electron chi connectivity index (χ4n) is 3.33. The largest absolute Gasteiger partial charge is 0.509 e. The molecule has 35 heavy (non-hydrogen) atoms. The molecule has 0 saturated carbocycles. The van der Waals surface area contributed by atoms with Crippen molar-refractivity contribution in [3.8, 4) is 0 Å². The lowest BCUT2D eigenvalue weighted by Crippen LogP contribution is -2.43. The molecule has 3 rings (SSSR count). The van der Waals surface area contributed by atoms with Crippen LogP contribution >= 0.6 is 0 Å². The summed E-state index contributed by atoms with van der Waals surface area (Å²) in [7, 11) is -4.09. The summed E-state index contributed by atoms with van der Waals surface area (Å²) < 4.78 is 40.0. The highest BCUT2D eigenvalue weighted by Gasteiger charge is 2.38. The van der Waals surface area contributed by atoms with Gasteiger partial charge < -0.3 is 9.47 Å². The molecule has 7 nitrogen and oxygen atoms in total. The smallest absolute Gasteiger partial charge is 0.429 e. The predicted octanol–water partition coefficient (Wildman–Crippen LogP) is 5.22. The van der Waals surface area contributed by atoms with Crippen molar-refractivity contribution < 1.29 is 27.5 Å². The van der Waals surface area contributed by atoms with E-state index < -0.39 is 39.7 Å². The van der Waals surface area contributed by atoms with Crippen LogP contribution in [-0.4, -0.2) is 32.1 Å². The highest BCUT2D eigenvalue weighted by molar-refractivity contribution is 7.89. The van der Waals surface area contributed by atoms with Crippen LogP contribution in [0.15, 0.2) is 89.8 Å². The zero-order chi connectivity index (χ0) is 25.6. The quantitative estimate of drug-likeness (QED) is 0.340. The van der Waals surface area contributed by atoms with Crippen LogP contribution < -0.4 is 4.72 Å². The molecule has 0 aliphatic rings. The molecule has 0 aliphatic heterocycles. The number of rotatable bonds is 8. The topological polar surface area (TPSA) is 98.8 Å². The van der Waals surface area contributed by atoms with Crippen molar-refractivity contribution in [1.82, 2.24) is 4.72 Å². The Bertz CT molecular complexity index is 1250. The number of nitrogens with one attached hydrogen (secondary N) is 1. The second-order valence-corrected chi connectivity index (χ2v) is 10.8. The van der Waals surface area contributed by atoms with Gasteiger partial charge in [0, 0.05) is 5.56 Å². The molecule has 0 bridgehead atoms. The van der Waals surface area contributed by atoms with Gasteiger partial charge in [-0.2, -0.15) is 4.72 Å². The average Bonchev–Trinajstić information content (AvgIpc) is 2.81. The van der Waals surface area contributed by atoms with Crippen LogP contribution in [0.5, 0.6) is 0 Å². The molecular formula is C27H29NO6S. The summed E-state index contributed by atoms with van der Waals surface area (Å²) in [5, 5.41) is 0. The molecule has 184 valence electrons. The lowest BCUT2D eigenvalue weighted by atomic mass is 9.95. The fraction of sp³-hybridized carbons (Fsp3) is 0.259. The van der Waals surface area contributed by atoms with E-state index in [2.05, 4.69) is 4.72 Å². The summed E-state index contributed by atoms with van der Waals surface area (Å²) in [6.07, 6.45) is -2.61. The third kappa shape index (κ3) is 7.24. The lowest BCUT2D eigenvalue weighted by molar-refractivity contribution is -0.0280. The first-order valence-electron chi connectivity index (χ1n) is 11.1. The average molecular weight is 496 g/mol. The molecule has 0 saturated heterocycles. The highest BCUT2D eigenvalue weighted by atomic mass is 32.2. The zero-order valence-electron chi connectivity index (χ0n) is 20.1. The third-order valence-corrected chi connectivity index (χ3v) is 6.46. The number of benzene rings is 3. The van der Waals surface area contributed by atoms with Gasteiger partial charge in [-0.15, -0.1) is 0 Å². The van der Waals surface area contributed by atoms with E-state index in [4.69, 9.17) is 9.47 Å². The van der Waals surface area contributed by atoms with E-state index in [0.717, 1.165) is 5.56 Å². The molecule has 2 atom stereocenters. The van der Waals surface area contributed by atoms with E-state index in [1.165, 1.54) is 12.1 Å². The minimum absolute atomic E-state index is 0.0206. The number of Topliss-reactive ketones (excluding diaryl/α,β-unsaturated/α-hetero) is 1. The minimum Gasteiger partial charge on any atom is -0.429 e. The molecule has 0 aromatic heterocycles. The number of carbonyl (C=O) groups is 2. The van der Waals surface area contributed by atoms with Crippen molar-refractivity contribution in [2.45, 2.75) is 50.3 Å². The molecule has 3 aromatic rings. The maximum Gasteiger partial charge on any atom is 0.509 e. The molecule has 0 aliphatic carbocycles. The summed E-state index contributed by atoms with van der Waals surface area (Å²) in [4.78, 5) is 26.2. The first-order valence-corrected chi connectivity index (χ1v) is 12.6. The fourth-order valence-corrected chi connectivity index (χ4v) is 4.56. The number of carbonyl (C=O) groups excluding carboxylic acids is 2. The summed E-state index contributed by atoms with van der Waals surface area (Å²) in [6, 6.07) is 21.8.